The molecule has 146 valence electrons. The molecule has 2 aromatic rings. The Labute approximate surface area is 168 Å². The maximum absolute atomic E-state index is 13.0. The third kappa shape index (κ3) is 2.43. The van der Waals surface area contributed by atoms with E-state index >= 15 is 0 Å². The third-order valence-corrected chi connectivity index (χ3v) is 7.41. The van der Waals surface area contributed by atoms with Crippen molar-refractivity contribution in [1.82, 2.24) is 10.2 Å². The number of allylic oxidation sites excluding steroid dienone is 2. The fourth-order valence-corrected chi connectivity index (χ4v) is 6.01. The first-order valence-corrected chi connectivity index (χ1v) is 10.4. The van der Waals surface area contributed by atoms with Crippen molar-refractivity contribution in [3.8, 4) is 0 Å². The SMILES string of the molecule is O=C(CN1C(=O)[C@@H]2[C@H]3C=C[C@@H]([C@@H]4C[C@H]34)[C@H]2C1=O)NCc1cccc2ccccc12. The van der Waals surface area contributed by atoms with Crippen molar-refractivity contribution < 1.29 is 14.4 Å². The average Bonchev–Trinajstić information content (AvgIpc) is 3.53. The number of carbonyl (C=O) groups is 3. The lowest BCUT2D eigenvalue weighted by Gasteiger charge is -2.37. The smallest absolute Gasteiger partial charge is 0.240 e. The van der Waals surface area contributed by atoms with Crippen LogP contribution in [0.15, 0.2) is 54.6 Å². The van der Waals surface area contributed by atoms with Crippen molar-refractivity contribution in [2.75, 3.05) is 6.54 Å². The van der Waals surface area contributed by atoms with Crippen molar-refractivity contribution in [2.45, 2.75) is 13.0 Å². The number of carbonyl (C=O) groups excluding carboxylic acids is 3. The second-order valence-electron chi connectivity index (χ2n) is 8.83. The second-order valence-corrected chi connectivity index (χ2v) is 8.83. The lowest BCUT2D eigenvalue weighted by molar-refractivity contribution is -0.143. The third-order valence-electron chi connectivity index (χ3n) is 7.41. The predicted molar refractivity (Wildman–Crippen MR) is 107 cm³/mol. The molecule has 0 radical (unpaired) electrons. The topological polar surface area (TPSA) is 66.5 Å². The molecule has 2 aromatic carbocycles. The van der Waals surface area contributed by atoms with Crippen LogP contribution in [0.5, 0.6) is 0 Å². The fourth-order valence-electron chi connectivity index (χ4n) is 6.01. The lowest BCUT2D eigenvalue weighted by Crippen LogP contribution is -2.41. The molecule has 5 nitrogen and oxygen atoms in total. The second kappa shape index (κ2) is 6.02. The van der Waals surface area contributed by atoms with E-state index in [2.05, 4.69) is 17.5 Å². The first-order chi connectivity index (χ1) is 14.1. The molecule has 3 amide bonds. The van der Waals surface area contributed by atoms with Gasteiger partial charge in [-0.2, -0.15) is 0 Å². The number of likely N-dealkylation sites (tertiary alicyclic amines) is 1. The highest BCUT2D eigenvalue weighted by molar-refractivity contribution is 6.08. The summed E-state index contributed by atoms with van der Waals surface area (Å²) >= 11 is 0. The summed E-state index contributed by atoms with van der Waals surface area (Å²) in [5.74, 6) is 0.453. The Morgan fingerprint density at radius 3 is 2.31 bits per heavy atom. The van der Waals surface area contributed by atoms with Crippen LogP contribution in [-0.4, -0.2) is 29.2 Å². The zero-order valence-corrected chi connectivity index (χ0v) is 16.0. The van der Waals surface area contributed by atoms with Gasteiger partial charge in [0.25, 0.3) is 0 Å². The van der Waals surface area contributed by atoms with Gasteiger partial charge in [0, 0.05) is 6.54 Å². The zero-order valence-electron chi connectivity index (χ0n) is 16.0. The average molecular weight is 386 g/mol. The van der Waals surface area contributed by atoms with E-state index in [9.17, 15) is 14.4 Å². The number of imide groups is 1. The number of hydrogen-bond donors (Lipinski definition) is 1. The Hall–Kier alpha value is -2.95. The van der Waals surface area contributed by atoms with E-state index in [4.69, 9.17) is 0 Å². The molecule has 3 fully saturated rings. The predicted octanol–water partition coefficient (Wildman–Crippen LogP) is 2.51. The van der Waals surface area contributed by atoms with Crippen LogP contribution in [0.1, 0.15) is 12.0 Å². The molecule has 1 heterocycles. The van der Waals surface area contributed by atoms with Crippen LogP contribution in [0.2, 0.25) is 0 Å². The summed E-state index contributed by atoms with van der Waals surface area (Å²) < 4.78 is 0. The van der Waals surface area contributed by atoms with Gasteiger partial charge < -0.3 is 5.32 Å². The maximum atomic E-state index is 13.0. The van der Waals surface area contributed by atoms with E-state index in [1.54, 1.807) is 0 Å². The van der Waals surface area contributed by atoms with Gasteiger partial charge in [0.15, 0.2) is 0 Å². The number of fused-ring (bicyclic) bond motifs is 1. The van der Waals surface area contributed by atoms with E-state index in [0.717, 1.165) is 22.8 Å². The molecule has 0 spiro atoms. The first-order valence-electron chi connectivity index (χ1n) is 10.4. The minimum Gasteiger partial charge on any atom is -0.350 e. The van der Waals surface area contributed by atoms with Crippen molar-refractivity contribution in [1.29, 1.82) is 0 Å². The van der Waals surface area contributed by atoms with Gasteiger partial charge in [-0.1, -0.05) is 54.6 Å². The molecule has 2 bridgehead atoms. The molecule has 1 aliphatic heterocycles. The summed E-state index contributed by atoms with van der Waals surface area (Å²) in [6.45, 7) is 0.199. The molecule has 2 saturated carbocycles. The summed E-state index contributed by atoms with van der Waals surface area (Å²) in [5.41, 5.74) is 1.02. The largest absolute Gasteiger partial charge is 0.350 e. The molecule has 7 rings (SSSR count). The molecular formula is C24H22N2O3. The van der Waals surface area contributed by atoms with Crippen LogP contribution in [0, 0.1) is 35.5 Å². The number of amides is 3. The molecule has 0 unspecified atom stereocenters. The van der Waals surface area contributed by atoms with Crippen LogP contribution in [-0.2, 0) is 20.9 Å². The van der Waals surface area contributed by atoms with Crippen molar-refractivity contribution in [2.24, 2.45) is 35.5 Å². The fraction of sp³-hybridized carbons (Fsp3) is 0.375. The number of nitrogens with zero attached hydrogens (tertiary/aromatic N) is 1. The number of nitrogens with one attached hydrogen (secondary N) is 1. The number of hydrogen-bond acceptors (Lipinski definition) is 3. The van der Waals surface area contributed by atoms with Gasteiger partial charge in [-0.05, 0) is 46.4 Å². The van der Waals surface area contributed by atoms with E-state index in [1.165, 1.54) is 4.90 Å². The molecule has 29 heavy (non-hydrogen) atoms. The van der Waals surface area contributed by atoms with Gasteiger partial charge in [-0.15, -0.1) is 0 Å². The minimum absolute atomic E-state index is 0.148. The highest BCUT2D eigenvalue weighted by Gasteiger charge is 2.67. The van der Waals surface area contributed by atoms with Gasteiger partial charge in [0.1, 0.15) is 6.54 Å². The molecular weight excluding hydrogens is 364 g/mol. The quantitative estimate of drug-likeness (QED) is 0.649. The molecule has 0 aromatic heterocycles. The van der Waals surface area contributed by atoms with Crippen molar-refractivity contribution >= 4 is 28.5 Å². The zero-order chi connectivity index (χ0) is 19.7. The van der Waals surface area contributed by atoms with E-state index in [1.807, 2.05) is 42.5 Å². The van der Waals surface area contributed by atoms with E-state index < -0.39 is 0 Å². The van der Waals surface area contributed by atoms with Gasteiger partial charge in [-0.25, -0.2) is 0 Å². The normalized spacial score (nSPS) is 33.7. The Balaban J connectivity index is 1.16. The Kier molecular flexibility index (Phi) is 3.52. The molecule has 5 heteroatoms. The number of rotatable bonds is 4. The van der Waals surface area contributed by atoms with Crippen LogP contribution in [0.25, 0.3) is 10.8 Å². The summed E-state index contributed by atoms with van der Waals surface area (Å²) in [4.78, 5) is 39.8. The van der Waals surface area contributed by atoms with Gasteiger partial charge >= 0.3 is 0 Å². The summed E-state index contributed by atoms with van der Waals surface area (Å²) in [6.07, 6.45) is 5.44. The first kappa shape index (κ1) is 17.0. The maximum Gasteiger partial charge on any atom is 0.240 e. The van der Waals surface area contributed by atoms with Crippen LogP contribution < -0.4 is 5.32 Å². The molecule has 6 atom stereocenters. The van der Waals surface area contributed by atoms with Gasteiger partial charge in [-0.3, -0.25) is 19.3 Å². The minimum atomic E-state index is -0.288. The van der Waals surface area contributed by atoms with Crippen LogP contribution >= 0.6 is 0 Å². The van der Waals surface area contributed by atoms with E-state index in [0.29, 0.717) is 18.4 Å². The Morgan fingerprint density at radius 2 is 1.59 bits per heavy atom. The highest BCUT2D eigenvalue weighted by atomic mass is 16.2. The van der Waals surface area contributed by atoms with Crippen molar-refractivity contribution in [3.63, 3.8) is 0 Å². The molecule has 5 aliphatic rings. The Morgan fingerprint density at radius 1 is 0.931 bits per heavy atom. The van der Waals surface area contributed by atoms with E-state index in [-0.39, 0.29) is 47.9 Å². The van der Waals surface area contributed by atoms with Crippen LogP contribution in [0.3, 0.4) is 0 Å². The summed E-state index contributed by atoms with van der Waals surface area (Å²) in [7, 11) is 0. The Bertz CT molecular complexity index is 1050. The summed E-state index contributed by atoms with van der Waals surface area (Å²) in [5, 5.41) is 5.11. The van der Waals surface area contributed by atoms with Crippen molar-refractivity contribution in [3.05, 3.63) is 60.2 Å². The molecule has 1 N–H and O–H groups in total. The number of benzene rings is 2. The standard InChI is InChI=1S/C24H22N2O3/c27-20(25-11-14-6-3-5-13-4-1-2-7-15(13)14)12-26-23(28)21-16-8-9-17(19-10-18(16)19)22(21)24(26)29/h1-9,16-19,21-22H,10-12H2,(H,25,27)/t16-,17-,18-,19+,21+,22+/m0/s1. The van der Waals surface area contributed by atoms with Crippen LogP contribution in [0.4, 0.5) is 0 Å². The monoisotopic (exact) mass is 386 g/mol. The highest BCUT2D eigenvalue weighted by Crippen LogP contribution is 2.65. The molecule has 4 aliphatic carbocycles. The lowest BCUT2D eigenvalue weighted by atomic mass is 9.63. The van der Waals surface area contributed by atoms with Gasteiger partial charge in [0.05, 0.1) is 11.8 Å². The summed E-state index contributed by atoms with van der Waals surface area (Å²) in [6, 6.07) is 14.0. The molecule has 1 saturated heterocycles. The van der Waals surface area contributed by atoms with Gasteiger partial charge in [0.2, 0.25) is 17.7 Å².